The van der Waals surface area contributed by atoms with Crippen LogP contribution in [0.15, 0.2) is 28.7 Å². The Kier molecular flexibility index (Phi) is 3.55. The van der Waals surface area contributed by atoms with Crippen LogP contribution in [0, 0.1) is 0 Å². The molecule has 0 saturated carbocycles. The van der Waals surface area contributed by atoms with Crippen LogP contribution in [-0.2, 0) is 0 Å². The van der Waals surface area contributed by atoms with Crippen LogP contribution in [0.4, 0.5) is 0 Å². The third-order valence-electron chi connectivity index (χ3n) is 3.46. The highest BCUT2D eigenvalue weighted by Gasteiger charge is 2.25. The molecule has 0 bridgehead atoms. The first-order valence-electron chi connectivity index (χ1n) is 6.31. The van der Waals surface area contributed by atoms with E-state index in [1.54, 1.807) is 0 Å². The van der Waals surface area contributed by atoms with Crippen LogP contribution in [0.25, 0.3) is 11.0 Å². The number of fused-ring (bicyclic) bond motifs is 1. The molecule has 0 aliphatic carbocycles. The minimum atomic E-state index is -0.0289. The number of hydrogen-bond donors (Lipinski definition) is 1. The van der Waals surface area contributed by atoms with E-state index in [1.807, 2.05) is 36.0 Å². The fourth-order valence-electron chi connectivity index (χ4n) is 2.44. The molecule has 2 unspecified atom stereocenters. The average molecular weight is 282 g/mol. The summed E-state index contributed by atoms with van der Waals surface area (Å²) < 4.78 is 5.84. The summed E-state index contributed by atoms with van der Waals surface area (Å²) in [6, 6.07) is 7.79. The molecule has 2 heterocycles. The van der Waals surface area contributed by atoms with Gasteiger partial charge in [-0.05, 0) is 30.7 Å². The van der Waals surface area contributed by atoms with E-state index in [-0.39, 0.29) is 6.04 Å². The molecule has 18 heavy (non-hydrogen) atoms. The van der Waals surface area contributed by atoms with E-state index in [2.05, 4.69) is 0 Å². The van der Waals surface area contributed by atoms with Crippen molar-refractivity contribution in [1.82, 2.24) is 0 Å². The summed E-state index contributed by atoms with van der Waals surface area (Å²) in [4.78, 5) is 0. The van der Waals surface area contributed by atoms with E-state index in [0.717, 1.165) is 16.7 Å². The summed E-state index contributed by atoms with van der Waals surface area (Å²) in [5.41, 5.74) is 7.08. The molecule has 96 valence electrons. The molecule has 1 fully saturated rings. The van der Waals surface area contributed by atoms with Crippen molar-refractivity contribution < 1.29 is 4.42 Å². The predicted octanol–water partition coefficient (Wildman–Crippen LogP) is 4.37. The topological polar surface area (TPSA) is 39.2 Å². The second kappa shape index (κ2) is 5.16. The number of para-hydroxylation sites is 1. The van der Waals surface area contributed by atoms with Gasteiger partial charge in [-0.3, -0.25) is 0 Å². The highest BCUT2D eigenvalue weighted by atomic mass is 35.5. The van der Waals surface area contributed by atoms with Crippen molar-refractivity contribution in [2.45, 2.75) is 30.6 Å². The molecule has 2 atom stereocenters. The van der Waals surface area contributed by atoms with Crippen molar-refractivity contribution in [3.63, 3.8) is 0 Å². The van der Waals surface area contributed by atoms with Gasteiger partial charge in [0.25, 0.3) is 0 Å². The lowest BCUT2D eigenvalue weighted by Gasteiger charge is -2.25. The molecule has 0 amide bonds. The summed E-state index contributed by atoms with van der Waals surface area (Å²) in [5, 5.41) is 2.16. The summed E-state index contributed by atoms with van der Waals surface area (Å²) in [6.45, 7) is 0. The molecule has 3 rings (SSSR count). The standard InChI is InChI=1S/C14H16ClNOS/c15-10-5-3-4-9-8-11(17-14(9)10)13(16)12-6-1-2-7-18-12/h3-5,8,12-13H,1-2,6-7,16H2. The minimum absolute atomic E-state index is 0.0289. The van der Waals surface area contributed by atoms with E-state index >= 15 is 0 Å². The molecule has 1 aliphatic heterocycles. The molecule has 2 aromatic rings. The highest BCUT2D eigenvalue weighted by Crippen LogP contribution is 2.36. The van der Waals surface area contributed by atoms with Crippen molar-refractivity contribution in [2.24, 2.45) is 5.73 Å². The smallest absolute Gasteiger partial charge is 0.152 e. The molecule has 1 aromatic heterocycles. The van der Waals surface area contributed by atoms with Crippen LogP contribution < -0.4 is 5.73 Å². The summed E-state index contributed by atoms with van der Waals surface area (Å²) >= 11 is 8.08. The number of nitrogens with two attached hydrogens (primary N) is 1. The van der Waals surface area contributed by atoms with Gasteiger partial charge in [-0.15, -0.1) is 0 Å². The van der Waals surface area contributed by atoms with E-state index in [9.17, 15) is 0 Å². The zero-order valence-corrected chi connectivity index (χ0v) is 11.6. The van der Waals surface area contributed by atoms with Gasteiger partial charge in [-0.25, -0.2) is 0 Å². The number of rotatable bonds is 2. The van der Waals surface area contributed by atoms with Gasteiger partial charge in [-0.2, -0.15) is 11.8 Å². The Balaban J connectivity index is 1.91. The maximum Gasteiger partial charge on any atom is 0.152 e. The van der Waals surface area contributed by atoms with Gasteiger partial charge in [0, 0.05) is 10.6 Å². The van der Waals surface area contributed by atoms with Crippen LogP contribution >= 0.6 is 23.4 Å². The lowest BCUT2D eigenvalue weighted by Crippen LogP contribution is -2.25. The minimum Gasteiger partial charge on any atom is -0.458 e. The maximum absolute atomic E-state index is 6.33. The number of benzene rings is 1. The fourth-order valence-corrected chi connectivity index (χ4v) is 4.01. The average Bonchev–Trinajstić information content (AvgIpc) is 2.84. The third-order valence-corrected chi connectivity index (χ3v) is 5.24. The summed E-state index contributed by atoms with van der Waals surface area (Å²) in [7, 11) is 0. The van der Waals surface area contributed by atoms with Crippen LogP contribution in [0.5, 0.6) is 0 Å². The molecule has 0 spiro atoms. The van der Waals surface area contributed by atoms with Crippen LogP contribution in [0.3, 0.4) is 0 Å². The first-order valence-corrected chi connectivity index (χ1v) is 7.73. The van der Waals surface area contributed by atoms with Crippen LogP contribution in [0.1, 0.15) is 31.1 Å². The molecule has 2 nitrogen and oxygen atoms in total. The Bertz CT molecular complexity index is 548. The van der Waals surface area contributed by atoms with Gasteiger partial charge in [0.05, 0.1) is 11.1 Å². The monoisotopic (exact) mass is 281 g/mol. The van der Waals surface area contributed by atoms with Crippen LogP contribution in [-0.4, -0.2) is 11.0 Å². The highest BCUT2D eigenvalue weighted by molar-refractivity contribution is 8.00. The van der Waals surface area contributed by atoms with Gasteiger partial charge in [0.15, 0.2) is 5.58 Å². The molecule has 4 heteroatoms. The molecule has 1 saturated heterocycles. The van der Waals surface area contributed by atoms with E-state index in [1.165, 1.54) is 25.0 Å². The molecule has 1 aliphatic rings. The predicted molar refractivity (Wildman–Crippen MR) is 78.2 cm³/mol. The zero-order valence-electron chi connectivity index (χ0n) is 10.1. The largest absolute Gasteiger partial charge is 0.458 e. The van der Waals surface area contributed by atoms with Gasteiger partial charge in [-0.1, -0.05) is 30.2 Å². The fraction of sp³-hybridized carbons (Fsp3) is 0.429. The molecule has 2 N–H and O–H groups in total. The van der Waals surface area contributed by atoms with Crippen molar-refractivity contribution in [3.8, 4) is 0 Å². The Morgan fingerprint density at radius 1 is 1.39 bits per heavy atom. The zero-order chi connectivity index (χ0) is 12.5. The lowest BCUT2D eigenvalue weighted by molar-refractivity contribution is 0.467. The molecular weight excluding hydrogens is 266 g/mol. The van der Waals surface area contributed by atoms with Crippen molar-refractivity contribution in [1.29, 1.82) is 0 Å². The van der Waals surface area contributed by atoms with Gasteiger partial charge in [0.2, 0.25) is 0 Å². The molecule has 1 aromatic carbocycles. The van der Waals surface area contributed by atoms with Crippen molar-refractivity contribution in [3.05, 3.63) is 35.0 Å². The number of furan rings is 1. The quantitative estimate of drug-likeness (QED) is 0.888. The Morgan fingerprint density at radius 3 is 3.00 bits per heavy atom. The van der Waals surface area contributed by atoms with Crippen molar-refractivity contribution >= 4 is 34.3 Å². The van der Waals surface area contributed by atoms with E-state index in [4.69, 9.17) is 21.8 Å². The second-order valence-corrected chi connectivity index (χ2v) is 6.49. The Morgan fingerprint density at radius 2 is 2.28 bits per heavy atom. The van der Waals surface area contributed by atoms with E-state index in [0.29, 0.717) is 10.3 Å². The Labute approximate surface area is 116 Å². The lowest BCUT2D eigenvalue weighted by atomic mass is 10.1. The third kappa shape index (κ3) is 2.27. The normalized spacial score (nSPS) is 22.2. The van der Waals surface area contributed by atoms with Gasteiger partial charge in [0.1, 0.15) is 5.76 Å². The maximum atomic E-state index is 6.33. The number of thioether (sulfide) groups is 1. The van der Waals surface area contributed by atoms with Gasteiger partial charge >= 0.3 is 0 Å². The number of halogens is 1. The summed E-state index contributed by atoms with van der Waals surface area (Å²) in [6.07, 6.45) is 3.75. The Hall–Kier alpha value is -0.640. The van der Waals surface area contributed by atoms with Gasteiger partial charge < -0.3 is 10.2 Å². The SMILES string of the molecule is NC(c1cc2cccc(Cl)c2o1)C1CCCCS1. The first kappa shape index (κ1) is 12.4. The molecular formula is C14H16ClNOS. The number of hydrogen-bond acceptors (Lipinski definition) is 3. The molecule has 0 radical (unpaired) electrons. The van der Waals surface area contributed by atoms with Crippen LogP contribution in [0.2, 0.25) is 5.02 Å². The second-order valence-electron chi connectivity index (χ2n) is 4.74. The van der Waals surface area contributed by atoms with E-state index < -0.39 is 0 Å². The first-order chi connectivity index (χ1) is 8.75. The van der Waals surface area contributed by atoms with Crippen molar-refractivity contribution in [2.75, 3.05) is 5.75 Å². The summed E-state index contributed by atoms with van der Waals surface area (Å²) in [5.74, 6) is 2.07.